The minimum absolute atomic E-state index is 0.130. The van der Waals surface area contributed by atoms with Crippen LogP contribution in [0.15, 0.2) is 59.7 Å². The molecule has 2 nitrogen and oxygen atoms in total. The predicted molar refractivity (Wildman–Crippen MR) is 129 cm³/mol. The zero-order valence-corrected chi connectivity index (χ0v) is 19.5. The second-order valence-corrected chi connectivity index (χ2v) is 10.6. The molecule has 0 radical (unpaired) electrons. The third-order valence-electron chi connectivity index (χ3n) is 5.70. The summed E-state index contributed by atoms with van der Waals surface area (Å²) in [5.74, 6) is 0.160. The summed E-state index contributed by atoms with van der Waals surface area (Å²) < 4.78 is 0. The highest BCUT2D eigenvalue weighted by molar-refractivity contribution is 6.14. The van der Waals surface area contributed by atoms with E-state index in [9.17, 15) is 4.79 Å². The van der Waals surface area contributed by atoms with Gasteiger partial charge in [-0.05, 0) is 52.3 Å². The van der Waals surface area contributed by atoms with Crippen LogP contribution in [0.5, 0.6) is 0 Å². The summed E-state index contributed by atoms with van der Waals surface area (Å²) in [4.78, 5) is 15.4. The van der Waals surface area contributed by atoms with Gasteiger partial charge in [-0.2, -0.15) is 0 Å². The summed E-state index contributed by atoms with van der Waals surface area (Å²) in [6, 6.07) is 17.1. The van der Waals surface area contributed by atoms with Gasteiger partial charge in [0.25, 0.3) is 0 Å². The van der Waals surface area contributed by atoms with E-state index in [0.29, 0.717) is 13.1 Å². The van der Waals surface area contributed by atoms with Crippen LogP contribution in [0.1, 0.15) is 63.8 Å². The molecule has 2 aromatic carbocycles. The van der Waals surface area contributed by atoms with Gasteiger partial charge in [0.1, 0.15) is 0 Å². The first-order valence-electron chi connectivity index (χ1n) is 10.8. The van der Waals surface area contributed by atoms with Gasteiger partial charge in [0.15, 0.2) is 5.78 Å². The van der Waals surface area contributed by atoms with Crippen LogP contribution < -0.4 is 0 Å². The number of ketones is 1. The average Bonchev–Trinajstić information content (AvgIpc) is 2.65. The van der Waals surface area contributed by atoms with E-state index in [-0.39, 0.29) is 16.6 Å². The van der Waals surface area contributed by atoms with Crippen LogP contribution in [0.25, 0.3) is 12.2 Å². The Balaban J connectivity index is 1.86. The van der Waals surface area contributed by atoms with Crippen molar-refractivity contribution in [3.05, 3.63) is 81.9 Å². The van der Waals surface area contributed by atoms with Crippen molar-refractivity contribution in [3.8, 4) is 0 Å². The Morgan fingerprint density at radius 2 is 1.00 bits per heavy atom. The number of hydrogen-bond acceptors (Lipinski definition) is 2. The topological polar surface area (TPSA) is 20.3 Å². The number of carbonyl (C=O) groups is 1. The van der Waals surface area contributed by atoms with Crippen molar-refractivity contribution < 1.29 is 4.79 Å². The first kappa shape index (κ1) is 22.2. The summed E-state index contributed by atoms with van der Waals surface area (Å²) in [5, 5.41) is 0. The van der Waals surface area contributed by atoms with Gasteiger partial charge in [0, 0.05) is 24.2 Å². The molecule has 0 atom stereocenters. The second-order valence-electron chi connectivity index (χ2n) is 10.6. The summed E-state index contributed by atoms with van der Waals surface area (Å²) in [6.45, 7) is 14.6. The Labute approximate surface area is 182 Å². The third-order valence-corrected chi connectivity index (χ3v) is 5.70. The van der Waals surface area contributed by atoms with Crippen LogP contribution in [0.2, 0.25) is 0 Å². The fourth-order valence-electron chi connectivity index (χ4n) is 3.77. The highest BCUT2D eigenvalue weighted by Gasteiger charge is 2.24. The van der Waals surface area contributed by atoms with Gasteiger partial charge in [-0.15, -0.1) is 0 Å². The van der Waals surface area contributed by atoms with Gasteiger partial charge in [0.05, 0.1) is 0 Å². The molecular formula is C28H35NO. The Morgan fingerprint density at radius 1 is 0.667 bits per heavy atom. The molecule has 1 heterocycles. The van der Waals surface area contributed by atoms with Crippen LogP contribution in [-0.2, 0) is 15.6 Å². The standard InChI is InChI=1S/C28H35NO/c1-27(2,3)24-12-8-20(9-13-24)16-22-18-29(7)19-23(26(22)30)17-21-10-14-25(15-11-21)28(4,5)6/h8-17H,18-19H2,1-7H3/b22-16-,23-17-. The SMILES string of the molecule is CN1C/C(=C/c2ccc(C(C)(C)C)cc2)C(=O)/C(=C\c2ccc(C(C)(C)C)cc2)C1. The molecule has 1 saturated heterocycles. The van der Waals surface area contributed by atoms with Gasteiger partial charge < -0.3 is 0 Å². The molecule has 0 amide bonds. The van der Waals surface area contributed by atoms with E-state index in [1.165, 1.54) is 11.1 Å². The lowest BCUT2D eigenvalue weighted by Crippen LogP contribution is -2.34. The average molecular weight is 402 g/mol. The van der Waals surface area contributed by atoms with Gasteiger partial charge in [0.2, 0.25) is 0 Å². The van der Waals surface area contributed by atoms with Crippen molar-refractivity contribution in [1.82, 2.24) is 4.90 Å². The lowest BCUT2D eigenvalue weighted by Gasteiger charge is -2.26. The highest BCUT2D eigenvalue weighted by Crippen LogP contribution is 2.26. The molecule has 0 bridgehead atoms. The summed E-state index contributed by atoms with van der Waals surface area (Å²) in [5.41, 5.74) is 6.73. The fraction of sp³-hybridized carbons (Fsp3) is 0.393. The van der Waals surface area contributed by atoms with Crippen molar-refractivity contribution in [2.75, 3.05) is 20.1 Å². The van der Waals surface area contributed by atoms with Crippen LogP contribution in [-0.4, -0.2) is 30.8 Å². The fourth-order valence-corrected chi connectivity index (χ4v) is 3.77. The maximum absolute atomic E-state index is 13.2. The van der Waals surface area contributed by atoms with Crippen molar-refractivity contribution in [1.29, 1.82) is 0 Å². The van der Waals surface area contributed by atoms with Gasteiger partial charge in [-0.25, -0.2) is 0 Å². The molecule has 2 aromatic rings. The lowest BCUT2D eigenvalue weighted by atomic mass is 9.86. The molecule has 3 rings (SSSR count). The molecule has 2 heteroatoms. The number of carbonyl (C=O) groups excluding carboxylic acids is 1. The normalized spacial score (nSPS) is 19.0. The Bertz CT molecular complexity index is 882. The smallest absolute Gasteiger partial charge is 0.187 e. The Kier molecular flexibility index (Phi) is 6.19. The first-order valence-corrected chi connectivity index (χ1v) is 10.8. The molecule has 0 spiro atoms. The second kappa shape index (κ2) is 8.35. The van der Waals surface area contributed by atoms with Crippen LogP contribution in [0.4, 0.5) is 0 Å². The number of piperidine rings is 1. The monoisotopic (exact) mass is 401 g/mol. The molecule has 158 valence electrons. The van der Waals surface area contributed by atoms with Crippen molar-refractivity contribution in [3.63, 3.8) is 0 Å². The van der Waals surface area contributed by atoms with Gasteiger partial charge in [-0.1, -0.05) is 90.1 Å². The number of benzene rings is 2. The summed E-state index contributed by atoms with van der Waals surface area (Å²) in [6.07, 6.45) is 4.09. The zero-order chi connectivity index (χ0) is 22.1. The van der Waals surface area contributed by atoms with Crippen LogP contribution in [0.3, 0.4) is 0 Å². The number of Topliss-reactive ketones (excluding diaryl/α,β-unsaturated/α-hetero) is 1. The van der Waals surface area contributed by atoms with E-state index in [1.807, 2.05) is 12.2 Å². The molecule has 0 aliphatic carbocycles. The van der Waals surface area contributed by atoms with Crippen molar-refractivity contribution in [2.45, 2.75) is 52.4 Å². The molecule has 30 heavy (non-hydrogen) atoms. The molecule has 1 fully saturated rings. The van der Waals surface area contributed by atoms with E-state index in [4.69, 9.17) is 0 Å². The molecule has 0 N–H and O–H groups in total. The molecule has 1 aliphatic heterocycles. The predicted octanol–water partition coefficient (Wildman–Crippen LogP) is 6.26. The highest BCUT2D eigenvalue weighted by atomic mass is 16.1. The molecule has 0 saturated carbocycles. The number of likely N-dealkylation sites (tertiary alicyclic amines) is 1. The number of likely N-dealkylation sites (N-methyl/N-ethyl adjacent to an activating group) is 1. The van der Waals surface area contributed by atoms with Crippen LogP contribution >= 0.6 is 0 Å². The lowest BCUT2D eigenvalue weighted by molar-refractivity contribution is -0.113. The van der Waals surface area contributed by atoms with Crippen molar-refractivity contribution in [2.24, 2.45) is 0 Å². The molecular weight excluding hydrogens is 366 g/mol. The Hall–Kier alpha value is -2.45. The number of rotatable bonds is 2. The number of nitrogens with zero attached hydrogens (tertiary/aromatic N) is 1. The van der Waals surface area contributed by atoms with E-state index >= 15 is 0 Å². The van der Waals surface area contributed by atoms with E-state index in [2.05, 4.69) is 102 Å². The molecule has 0 aromatic heterocycles. The number of hydrogen-bond donors (Lipinski definition) is 0. The van der Waals surface area contributed by atoms with Crippen molar-refractivity contribution >= 4 is 17.9 Å². The summed E-state index contributed by atoms with van der Waals surface area (Å²) >= 11 is 0. The maximum atomic E-state index is 13.2. The molecule has 0 unspecified atom stereocenters. The van der Waals surface area contributed by atoms with E-state index in [0.717, 1.165) is 22.3 Å². The van der Waals surface area contributed by atoms with E-state index < -0.39 is 0 Å². The first-order chi connectivity index (χ1) is 13.9. The van der Waals surface area contributed by atoms with Gasteiger partial charge >= 0.3 is 0 Å². The molecule has 1 aliphatic rings. The minimum Gasteiger partial charge on any atom is -0.298 e. The minimum atomic E-state index is 0.130. The maximum Gasteiger partial charge on any atom is 0.187 e. The zero-order valence-electron chi connectivity index (χ0n) is 19.5. The quantitative estimate of drug-likeness (QED) is 0.553. The third kappa shape index (κ3) is 5.37. The summed E-state index contributed by atoms with van der Waals surface area (Å²) in [7, 11) is 2.07. The van der Waals surface area contributed by atoms with Gasteiger partial charge in [-0.3, -0.25) is 9.69 Å². The Morgan fingerprint density at radius 3 is 1.30 bits per heavy atom. The van der Waals surface area contributed by atoms with Crippen LogP contribution in [0, 0.1) is 0 Å². The largest absolute Gasteiger partial charge is 0.298 e. The van der Waals surface area contributed by atoms with E-state index in [1.54, 1.807) is 0 Å².